The quantitative estimate of drug-likeness (QED) is 0.875. The Bertz CT molecular complexity index is 455. The zero-order valence-corrected chi connectivity index (χ0v) is 11.5. The van der Waals surface area contributed by atoms with E-state index < -0.39 is 11.4 Å². The summed E-state index contributed by atoms with van der Waals surface area (Å²) in [6, 6.07) is 7.09. The van der Waals surface area contributed by atoms with Crippen LogP contribution in [0.1, 0.15) is 25.8 Å². The van der Waals surface area contributed by atoms with Crippen LogP contribution >= 0.6 is 0 Å². The van der Waals surface area contributed by atoms with Gasteiger partial charge in [0.05, 0.1) is 5.41 Å². The molecule has 1 atom stereocenters. The van der Waals surface area contributed by atoms with Gasteiger partial charge in [0.25, 0.3) is 0 Å². The Kier molecular flexibility index (Phi) is 3.80. The molecule has 2 rings (SSSR count). The van der Waals surface area contributed by atoms with E-state index in [2.05, 4.69) is 4.90 Å². The molecule has 19 heavy (non-hydrogen) atoms. The molecule has 1 aromatic rings. The van der Waals surface area contributed by atoms with Gasteiger partial charge in [-0.05, 0) is 36.6 Å². The van der Waals surface area contributed by atoms with Gasteiger partial charge in [-0.15, -0.1) is 0 Å². The fourth-order valence-electron chi connectivity index (χ4n) is 2.80. The van der Waals surface area contributed by atoms with E-state index in [1.54, 1.807) is 12.1 Å². The molecule has 4 heteroatoms. The third kappa shape index (κ3) is 2.73. The zero-order chi connectivity index (χ0) is 14.0. The molecule has 0 saturated carbocycles. The van der Waals surface area contributed by atoms with Crippen LogP contribution in [0.5, 0.6) is 5.75 Å². The second-order valence-corrected chi connectivity index (χ2v) is 5.74. The lowest BCUT2D eigenvalue weighted by molar-refractivity contribution is -0.151. The van der Waals surface area contributed by atoms with Crippen molar-refractivity contribution in [3.63, 3.8) is 0 Å². The number of aliphatic carboxylic acids is 1. The topological polar surface area (TPSA) is 60.8 Å². The molecule has 1 aromatic carbocycles. The van der Waals surface area contributed by atoms with Crippen LogP contribution in [0.15, 0.2) is 24.3 Å². The number of aromatic hydroxyl groups is 1. The smallest absolute Gasteiger partial charge is 0.311 e. The number of likely N-dealkylation sites (tertiary alicyclic amines) is 1. The molecule has 1 aliphatic heterocycles. The Morgan fingerprint density at radius 3 is 2.47 bits per heavy atom. The predicted octanol–water partition coefficient (Wildman–Crippen LogP) is 2.32. The number of hydrogen-bond donors (Lipinski definition) is 2. The normalized spacial score (nSPS) is 23.9. The van der Waals surface area contributed by atoms with E-state index in [4.69, 9.17) is 0 Å². The largest absolute Gasteiger partial charge is 0.508 e. The molecule has 1 unspecified atom stereocenters. The SMILES string of the molecule is CC(C)C1(C(=O)O)CCN(Cc2ccc(O)cc2)C1. The van der Waals surface area contributed by atoms with Crippen LogP contribution in [0, 0.1) is 11.3 Å². The lowest BCUT2D eigenvalue weighted by Crippen LogP contribution is -2.39. The van der Waals surface area contributed by atoms with E-state index in [0.717, 1.165) is 18.7 Å². The summed E-state index contributed by atoms with van der Waals surface area (Å²) in [6.45, 7) is 6.12. The molecule has 1 saturated heterocycles. The van der Waals surface area contributed by atoms with Crippen molar-refractivity contribution in [1.82, 2.24) is 4.90 Å². The minimum absolute atomic E-state index is 0.134. The third-order valence-corrected chi connectivity index (χ3v) is 4.25. The molecule has 1 heterocycles. The summed E-state index contributed by atoms with van der Waals surface area (Å²) >= 11 is 0. The van der Waals surface area contributed by atoms with Crippen LogP contribution in [0.3, 0.4) is 0 Å². The van der Waals surface area contributed by atoms with E-state index in [1.165, 1.54) is 0 Å². The molecule has 104 valence electrons. The van der Waals surface area contributed by atoms with Crippen molar-refractivity contribution in [2.24, 2.45) is 11.3 Å². The Morgan fingerprint density at radius 1 is 1.37 bits per heavy atom. The van der Waals surface area contributed by atoms with Crippen LogP contribution in [0.2, 0.25) is 0 Å². The first-order valence-electron chi connectivity index (χ1n) is 6.68. The summed E-state index contributed by atoms with van der Waals surface area (Å²) in [5, 5.41) is 18.7. The standard InChI is InChI=1S/C15H21NO3/c1-11(2)15(14(18)19)7-8-16(10-15)9-12-3-5-13(17)6-4-12/h3-6,11,17H,7-10H2,1-2H3,(H,18,19). The van der Waals surface area contributed by atoms with Gasteiger partial charge in [0.15, 0.2) is 0 Å². The number of rotatable bonds is 4. The number of phenols is 1. The van der Waals surface area contributed by atoms with Gasteiger partial charge in [0.1, 0.15) is 5.75 Å². The Labute approximate surface area is 113 Å². The molecule has 1 aliphatic rings. The average molecular weight is 263 g/mol. The van der Waals surface area contributed by atoms with Crippen LogP contribution in [0.4, 0.5) is 0 Å². The van der Waals surface area contributed by atoms with Gasteiger partial charge in [0, 0.05) is 13.1 Å². The number of carboxylic acids is 1. The van der Waals surface area contributed by atoms with Crippen LogP contribution in [0.25, 0.3) is 0 Å². The Morgan fingerprint density at radius 2 is 2.00 bits per heavy atom. The molecular formula is C15H21NO3. The number of benzene rings is 1. The highest BCUT2D eigenvalue weighted by Gasteiger charge is 2.46. The van der Waals surface area contributed by atoms with Gasteiger partial charge in [-0.1, -0.05) is 26.0 Å². The Hall–Kier alpha value is -1.55. The van der Waals surface area contributed by atoms with Crippen molar-refractivity contribution in [2.45, 2.75) is 26.8 Å². The summed E-state index contributed by atoms with van der Waals surface area (Å²) in [7, 11) is 0. The van der Waals surface area contributed by atoms with Gasteiger partial charge in [-0.2, -0.15) is 0 Å². The van der Waals surface area contributed by atoms with E-state index in [0.29, 0.717) is 13.0 Å². The first-order chi connectivity index (χ1) is 8.94. The lowest BCUT2D eigenvalue weighted by atomic mass is 9.76. The molecule has 1 fully saturated rings. The van der Waals surface area contributed by atoms with Gasteiger partial charge in [-0.3, -0.25) is 9.69 Å². The average Bonchev–Trinajstić information content (AvgIpc) is 2.77. The maximum Gasteiger partial charge on any atom is 0.311 e. The van der Waals surface area contributed by atoms with E-state index in [-0.39, 0.29) is 11.7 Å². The fourth-order valence-corrected chi connectivity index (χ4v) is 2.80. The number of nitrogens with zero attached hydrogens (tertiary/aromatic N) is 1. The molecule has 0 aliphatic carbocycles. The second-order valence-electron chi connectivity index (χ2n) is 5.74. The highest BCUT2D eigenvalue weighted by molar-refractivity contribution is 5.75. The molecule has 2 N–H and O–H groups in total. The highest BCUT2D eigenvalue weighted by atomic mass is 16.4. The summed E-state index contributed by atoms with van der Waals surface area (Å²) in [5.74, 6) is -0.294. The minimum Gasteiger partial charge on any atom is -0.508 e. The van der Waals surface area contributed by atoms with Crippen LogP contribution in [-0.2, 0) is 11.3 Å². The first-order valence-corrected chi connectivity index (χ1v) is 6.68. The third-order valence-electron chi connectivity index (χ3n) is 4.25. The van der Waals surface area contributed by atoms with Gasteiger partial charge < -0.3 is 10.2 Å². The number of phenolic OH excluding ortho intramolecular Hbond substituents is 1. The summed E-state index contributed by atoms with van der Waals surface area (Å²) in [6.07, 6.45) is 0.706. The maximum absolute atomic E-state index is 11.5. The minimum atomic E-state index is -0.685. The molecule has 0 spiro atoms. The van der Waals surface area contributed by atoms with Gasteiger partial charge >= 0.3 is 5.97 Å². The predicted molar refractivity (Wildman–Crippen MR) is 72.9 cm³/mol. The van der Waals surface area contributed by atoms with E-state index in [9.17, 15) is 15.0 Å². The van der Waals surface area contributed by atoms with Crippen molar-refractivity contribution in [3.05, 3.63) is 29.8 Å². The molecular weight excluding hydrogens is 242 g/mol. The van der Waals surface area contributed by atoms with Crippen molar-refractivity contribution in [3.8, 4) is 5.75 Å². The van der Waals surface area contributed by atoms with Crippen molar-refractivity contribution >= 4 is 5.97 Å². The molecule has 4 nitrogen and oxygen atoms in total. The molecule has 0 amide bonds. The lowest BCUT2D eigenvalue weighted by Gasteiger charge is -2.28. The number of carboxylic acid groups (broad SMARTS) is 1. The number of hydrogen-bond acceptors (Lipinski definition) is 3. The van der Waals surface area contributed by atoms with E-state index >= 15 is 0 Å². The molecule has 0 radical (unpaired) electrons. The Balaban J connectivity index is 2.05. The van der Waals surface area contributed by atoms with Gasteiger partial charge in [-0.25, -0.2) is 0 Å². The summed E-state index contributed by atoms with van der Waals surface area (Å²) in [4.78, 5) is 13.7. The zero-order valence-electron chi connectivity index (χ0n) is 11.5. The maximum atomic E-state index is 11.5. The van der Waals surface area contributed by atoms with E-state index in [1.807, 2.05) is 26.0 Å². The summed E-state index contributed by atoms with van der Waals surface area (Å²) in [5.41, 5.74) is 0.486. The molecule has 0 bridgehead atoms. The monoisotopic (exact) mass is 263 g/mol. The fraction of sp³-hybridized carbons (Fsp3) is 0.533. The molecule has 0 aromatic heterocycles. The highest BCUT2D eigenvalue weighted by Crippen LogP contribution is 2.38. The van der Waals surface area contributed by atoms with Crippen LogP contribution in [-0.4, -0.2) is 34.2 Å². The van der Waals surface area contributed by atoms with Crippen molar-refractivity contribution in [1.29, 1.82) is 0 Å². The van der Waals surface area contributed by atoms with Crippen LogP contribution < -0.4 is 0 Å². The van der Waals surface area contributed by atoms with Crippen molar-refractivity contribution in [2.75, 3.05) is 13.1 Å². The second kappa shape index (κ2) is 5.21. The van der Waals surface area contributed by atoms with Crippen molar-refractivity contribution < 1.29 is 15.0 Å². The number of carbonyl (C=O) groups is 1. The summed E-state index contributed by atoms with van der Waals surface area (Å²) < 4.78 is 0. The van der Waals surface area contributed by atoms with Gasteiger partial charge in [0.2, 0.25) is 0 Å². The first kappa shape index (κ1) is 13.9.